The number of anilines is 1. The van der Waals surface area contributed by atoms with Crippen molar-refractivity contribution in [2.45, 2.75) is 26.7 Å². The molecular formula is C12H19N2Si. The summed E-state index contributed by atoms with van der Waals surface area (Å²) in [7, 11) is 3.65. The van der Waals surface area contributed by atoms with E-state index < -0.39 is 0 Å². The van der Waals surface area contributed by atoms with Gasteiger partial charge in [0.25, 0.3) is 0 Å². The average molecular weight is 219 g/mol. The van der Waals surface area contributed by atoms with Crippen LogP contribution in [0.15, 0.2) is 18.2 Å². The summed E-state index contributed by atoms with van der Waals surface area (Å²) < 4.78 is 0. The number of nitrogens with one attached hydrogen (secondary N) is 2. The Morgan fingerprint density at radius 3 is 2.67 bits per heavy atom. The van der Waals surface area contributed by atoms with Gasteiger partial charge in [0.1, 0.15) is 0 Å². The van der Waals surface area contributed by atoms with Gasteiger partial charge in [-0.1, -0.05) is 38.1 Å². The summed E-state index contributed by atoms with van der Waals surface area (Å²) in [5.41, 5.74) is 2.55. The summed E-state index contributed by atoms with van der Waals surface area (Å²) in [5.74, 6) is 0.517. The van der Waals surface area contributed by atoms with Crippen LogP contribution in [0.4, 0.5) is 5.69 Å². The largest absolute Gasteiger partial charge is 0.372 e. The Hall–Kier alpha value is -0.803. The highest BCUT2D eigenvalue weighted by Gasteiger charge is 2.08. The molecule has 2 nitrogen and oxygen atoms in total. The minimum absolute atomic E-state index is 0.517. The van der Waals surface area contributed by atoms with Crippen molar-refractivity contribution in [1.82, 2.24) is 5.32 Å². The van der Waals surface area contributed by atoms with Gasteiger partial charge in [-0.15, -0.1) is 0 Å². The molecule has 0 saturated heterocycles. The molecule has 81 valence electrons. The molecule has 0 aliphatic heterocycles. The van der Waals surface area contributed by atoms with Crippen molar-refractivity contribution >= 4 is 21.1 Å². The number of hydrogen-bond acceptors (Lipinski definition) is 2. The fraction of sp³-hybridized carbons (Fsp3) is 0.500. The van der Waals surface area contributed by atoms with Crippen LogP contribution in [0, 0.1) is 0 Å². The lowest BCUT2D eigenvalue weighted by molar-refractivity contribution is 0.767. The predicted octanol–water partition coefficient (Wildman–Crippen LogP) is 1.58. The van der Waals surface area contributed by atoms with E-state index in [1.165, 1.54) is 16.4 Å². The van der Waals surface area contributed by atoms with E-state index in [1.54, 1.807) is 0 Å². The second-order valence-corrected chi connectivity index (χ2v) is 4.42. The zero-order valence-corrected chi connectivity index (χ0v) is 10.7. The Balaban J connectivity index is 2.81. The Labute approximate surface area is 95.9 Å². The first-order chi connectivity index (χ1) is 7.16. The van der Waals surface area contributed by atoms with Crippen LogP contribution in [0.5, 0.6) is 0 Å². The number of benzene rings is 1. The lowest BCUT2D eigenvalue weighted by Gasteiger charge is -2.17. The summed E-state index contributed by atoms with van der Waals surface area (Å²) in [6.07, 6.45) is 0. The molecule has 1 rings (SSSR count). The zero-order chi connectivity index (χ0) is 11.3. The molecule has 0 spiro atoms. The van der Waals surface area contributed by atoms with E-state index in [0.717, 1.165) is 13.2 Å². The average Bonchev–Trinajstić information content (AvgIpc) is 2.17. The monoisotopic (exact) mass is 219 g/mol. The number of hydrogen-bond donors (Lipinski definition) is 2. The van der Waals surface area contributed by atoms with Crippen molar-refractivity contribution in [2.24, 2.45) is 0 Å². The molecule has 0 unspecified atom stereocenters. The summed E-state index contributed by atoms with van der Waals surface area (Å²) in [6, 6.07) is 6.27. The van der Waals surface area contributed by atoms with Crippen LogP contribution in [0.2, 0.25) is 0 Å². The molecule has 0 atom stereocenters. The maximum absolute atomic E-state index is 3.65. The van der Waals surface area contributed by atoms with Crippen molar-refractivity contribution < 1.29 is 0 Å². The summed E-state index contributed by atoms with van der Waals surface area (Å²) in [4.78, 5) is 0. The summed E-state index contributed by atoms with van der Waals surface area (Å²) >= 11 is 0. The minimum Gasteiger partial charge on any atom is -0.372 e. The van der Waals surface area contributed by atoms with Crippen LogP contribution in [-0.4, -0.2) is 23.5 Å². The van der Waals surface area contributed by atoms with E-state index in [1.807, 2.05) is 0 Å². The Kier molecular flexibility index (Phi) is 4.85. The van der Waals surface area contributed by atoms with Crippen molar-refractivity contribution in [2.75, 3.05) is 18.5 Å². The van der Waals surface area contributed by atoms with Crippen LogP contribution in [0.1, 0.15) is 32.3 Å². The highest BCUT2D eigenvalue weighted by molar-refractivity contribution is 6.33. The Bertz CT molecular complexity index is 310. The van der Waals surface area contributed by atoms with Gasteiger partial charge in [-0.3, -0.25) is 0 Å². The van der Waals surface area contributed by atoms with Crippen molar-refractivity contribution in [3.05, 3.63) is 23.8 Å². The predicted molar refractivity (Wildman–Crippen MR) is 68.1 cm³/mol. The lowest BCUT2D eigenvalue weighted by Crippen LogP contribution is -2.23. The molecule has 3 heteroatoms. The van der Waals surface area contributed by atoms with E-state index in [0.29, 0.717) is 5.92 Å². The molecule has 0 saturated carbocycles. The van der Waals surface area contributed by atoms with Crippen LogP contribution in [0.25, 0.3) is 0 Å². The topological polar surface area (TPSA) is 24.1 Å². The van der Waals surface area contributed by atoms with Gasteiger partial charge in [-0.2, -0.15) is 0 Å². The van der Waals surface area contributed by atoms with Crippen LogP contribution in [0.3, 0.4) is 0 Å². The molecule has 0 heterocycles. The first-order valence-electron chi connectivity index (χ1n) is 5.46. The third kappa shape index (κ3) is 3.36. The van der Waals surface area contributed by atoms with E-state index in [9.17, 15) is 0 Å². The quantitative estimate of drug-likeness (QED) is 0.446. The Morgan fingerprint density at radius 2 is 2.07 bits per heavy atom. The van der Waals surface area contributed by atoms with Crippen molar-refractivity contribution in [3.8, 4) is 0 Å². The summed E-state index contributed by atoms with van der Waals surface area (Å²) in [5, 5.41) is 7.82. The third-order valence-electron chi connectivity index (χ3n) is 2.34. The first kappa shape index (κ1) is 12.3. The van der Waals surface area contributed by atoms with Crippen LogP contribution < -0.4 is 15.8 Å². The van der Waals surface area contributed by atoms with Gasteiger partial charge in [0.2, 0.25) is 0 Å². The molecule has 3 radical (unpaired) electrons. The molecule has 0 bridgehead atoms. The van der Waals surface area contributed by atoms with Gasteiger partial charge in [-0.25, -0.2) is 0 Å². The van der Waals surface area contributed by atoms with E-state index in [-0.39, 0.29) is 0 Å². The molecule has 0 aliphatic carbocycles. The highest BCUT2D eigenvalue weighted by Crippen LogP contribution is 2.21. The molecule has 0 fully saturated rings. The van der Waals surface area contributed by atoms with Crippen molar-refractivity contribution in [3.63, 3.8) is 0 Å². The molecule has 2 N–H and O–H groups in total. The van der Waals surface area contributed by atoms with Crippen LogP contribution >= 0.6 is 0 Å². The molecule has 1 aromatic carbocycles. The molecule has 0 aromatic heterocycles. The number of rotatable bonds is 5. The van der Waals surface area contributed by atoms with Gasteiger partial charge in [0.05, 0.1) is 16.9 Å². The SMILES string of the molecule is CCNCNc1cccc([Si])c1C(C)C. The molecule has 0 aliphatic rings. The molecular weight excluding hydrogens is 200 g/mol. The van der Waals surface area contributed by atoms with Gasteiger partial charge in [0, 0.05) is 5.69 Å². The standard InChI is InChI=1S/C12H19N2Si/c1-4-13-8-14-10-6-5-7-11(15)12(10)9(2)3/h5-7,9,13-14H,4,8H2,1-3H3. The van der Waals surface area contributed by atoms with Gasteiger partial charge in [-0.05, 0) is 24.1 Å². The fourth-order valence-corrected chi connectivity index (χ4v) is 2.14. The summed E-state index contributed by atoms with van der Waals surface area (Å²) in [6.45, 7) is 8.31. The molecule has 1 aromatic rings. The maximum atomic E-state index is 3.65. The van der Waals surface area contributed by atoms with E-state index >= 15 is 0 Å². The second kappa shape index (κ2) is 5.93. The minimum atomic E-state index is 0.517. The van der Waals surface area contributed by atoms with Crippen LogP contribution in [-0.2, 0) is 0 Å². The first-order valence-corrected chi connectivity index (χ1v) is 5.96. The molecule has 0 amide bonds. The van der Waals surface area contributed by atoms with E-state index in [2.05, 4.69) is 59.8 Å². The zero-order valence-electron chi connectivity index (χ0n) is 9.72. The third-order valence-corrected chi connectivity index (χ3v) is 2.77. The van der Waals surface area contributed by atoms with Gasteiger partial charge >= 0.3 is 0 Å². The van der Waals surface area contributed by atoms with Gasteiger partial charge < -0.3 is 10.6 Å². The lowest BCUT2D eigenvalue weighted by atomic mass is 10.0. The fourth-order valence-electron chi connectivity index (χ4n) is 1.62. The maximum Gasteiger partial charge on any atom is 0.0716 e. The second-order valence-electron chi connectivity index (χ2n) is 3.88. The highest BCUT2D eigenvalue weighted by atomic mass is 28.1. The Morgan fingerprint density at radius 1 is 1.33 bits per heavy atom. The smallest absolute Gasteiger partial charge is 0.0716 e. The van der Waals surface area contributed by atoms with E-state index in [4.69, 9.17) is 0 Å². The van der Waals surface area contributed by atoms with Crippen molar-refractivity contribution in [1.29, 1.82) is 0 Å². The normalized spacial score (nSPS) is 10.7. The molecule has 15 heavy (non-hydrogen) atoms. The van der Waals surface area contributed by atoms with Gasteiger partial charge in [0.15, 0.2) is 0 Å².